The molecular weight excluding hydrogens is 752 g/mol. The van der Waals surface area contributed by atoms with Crippen molar-refractivity contribution in [2.45, 2.75) is 76.5 Å². The predicted molar refractivity (Wildman–Crippen MR) is 221 cm³/mol. The number of piperidine rings is 3. The molecular formula is C44H53FN10O4. The third kappa shape index (κ3) is 7.86. The second kappa shape index (κ2) is 15.5. The molecule has 0 bridgehead atoms. The molecule has 0 radical (unpaired) electrons. The highest BCUT2D eigenvalue weighted by atomic mass is 19.1. The van der Waals surface area contributed by atoms with Crippen molar-refractivity contribution >= 4 is 40.1 Å². The molecule has 6 aliphatic rings. The Bertz CT molecular complexity index is 2250. The molecule has 1 saturated carbocycles. The normalized spacial score (nSPS) is 23.3. The van der Waals surface area contributed by atoms with Gasteiger partial charge in [-0.25, -0.2) is 14.4 Å². The number of carbonyl (C=O) groups excluding carboxylic acids is 3. The Hall–Kier alpha value is -5.15. The summed E-state index contributed by atoms with van der Waals surface area (Å²) in [6.45, 7) is 12.5. The van der Waals surface area contributed by atoms with E-state index in [9.17, 15) is 14.4 Å². The van der Waals surface area contributed by atoms with Crippen molar-refractivity contribution in [2.24, 2.45) is 11.8 Å². The maximum Gasteiger partial charge on any atom is 0.255 e. The smallest absolute Gasteiger partial charge is 0.255 e. The van der Waals surface area contributed by atoms with Crippen molar-refractivity contribution in [3.8, 4) is 17.1 Å². The number of hydrogen-bond acceptors (Lipinski definition) is 11. The number of anilines is 2. The van der Waals surface area contributed by atoms with Gasteiger partial charge in [0, 0.05) is 95.4 Å². The molecule has 310 valence electrons. The maximum atomic E-state index is 15.5. The molecule has 0 spiro atoms. The monoisotopic (exact) mass is 804 g/mol. The summed E-state index contributed by atoms with van der Waals surface area (Å²) in [5, 5.41) is 11.1. The molecule has 3 amide bonds. The number of imide groups is 1. The largest absolute Gasteiger partial charge is 0.488 e. The number of nitrogens with one attached hydrogen (secondary N) is 2. The van der Waals surface area contributed by atoms with Crippen LogP contribution < -0.4 is 19.9 Å². The van der Waals surface area contributed by atoms with E-state index in [1.165, 1.54) is 11.0 Å². The molecule has 2 N–H and O–H groups in total. The van der Waals surface area contributed by atoms with Crippen molar-refractivity contribution in [3.05, 3.63) is 59.7 Å². The highest BCUT2D eigenvalue weighted by Gasteiger charge is 2.41. The lowest BCUT2D eigenvalue weighted by Gasteiger charge is -2.41. The summed E-state index contributed by atoms with van der Waals surface area (Å²) >= 11 is 0. The molecule has 2 aromatic heterocycles. The number of hydrogen-bond donors (Lipinski definition) is 2. The maximum absolute atomic E-state index is 15.5. The number of piperazine rings is 1. The number of carbonyl (C=O) groups is 3. The number of aromatic amines is 1. The number of fused-ring (bicyclic) bond motifs is 2. The Morgan fingerprint density at radius 3 is 2.20 bits per heavy atom. The van der Waals surface area contributed by atoms with Crippen molar-refractivity contribution in [2.75, 3.05) is 75.2 Å². The topological polar surface area (TPSA) is 143 Å². The number of rotatable bonds is 10. The molecule has 4 aromatic rings. The second-order valence-electron chi connectivity index (χ2n) is 17.9. The van der Waals surface area contributed by atoms with Crippen LogP contribution >= 0.6 is 0 Å². The van der Waals surface area contributed by atoms with Gasteiger partial charge in [0.2, 0.25) is 11.8 Å². The molecule has 10 rings (SSSR count). The Morgan fingerprint density at radius 1 is 0.831 bits per heavy atom. The van der Waals surface area contributed by atoms with Crippen molar-refractivity contribution in [1.29, 1.82) is 0 Å². The van der Waals surface area contributed by atoms with Crippen LogP contribution in [-0.2, 0) is 16.1 Å². The van der Waals surface area contributed by atoms with E-state index in [0.717, 1.165) is 143 Å². The fourth-order valence-electron chi connectivity index (χ4n) is 9.87. The third-order valence-corrected chi connectivity index (χ3v) is 13.7. The van der Waals surface area contributed by atoms with E-state index in [1.807, 2.05) is 12.1 Å². The van der Waals surface area contributed by atoms with E-state index >= 15 is 4.39 Å². The van der Waals surface area contributed by atoms with Crippen LogP contribution in [-0.4, -0.2) is 130 Å². The molecule has 59 heavy (non-hydrogen) atoms. The number of amides is 3. The van der Waals surface area contributed by atoms with Crippen molar-refractivity contribution in [1.82, 2.24) is 40.2 Å². The van der Waals surface area contributed by atoms with Crippen LogP contribution in [0.3, 0.4) is 0 Å². The summed E-state index contributed by atoms with van der Waals surface area (Å²) in [4.78, 5) is 57.7. The number of H-pyrrole nitrogens is 1. The zero-order valence-corrected chi connectivity index (χ0v) is 33.8. The average molecular weight is 805 g/mol. The highest BCUT2D eigenvalue weighted by molar-refractivity contribution is 6.05. The first kappa shape index (κ1) is 38.1. The minimum Gasteiger partial charge on any atom is -0.488 e. The molecule has 1 atom stereocenters. The fraction of sp³-hybridized carbons (Fsp3) is 0.545. The standard InChI is InChI=1S/C44H53FN10O4/c1-44(10-11-44)59-31-2-3-35-33(21-31)41(50-49-35)36-23-39(47-27-46-36)54-14-8-29(9-15-54)25-52-18-16-51(17-19-52)24-28-6-12-53(13-7-28)38-20-30-26-55(43(58)32(30)22-34(38)45)37-4-5-40(56)48-42(37)57/h2-3,20-23,27-29,37H,4-19,24-26H2,1H3,(H,49,50)(H,48,56,57). The van der Waals surface area contributed by atoms with Gasteiger partial charge >= 0.3 is 0 Å². The first-order chi connectivity index (χ1) is 28.6. The summed E-state index contributed by atoms with van der Waals surface area (Å²) in [6, 6.07) is 10.6. The molecule has 2 aromatic carbocycles. The molecule has 7 heterocycles. The fourth-order valence-corrected chi connectivity index (χ4v) is 9.87. The minimum absolute atomic E-state index is 0.0439. The zero-order chi connectivity index (χ0) is 40.3. The van der Waals surface area contributed by atoms with Gasteiger partial charge in [-0.1, -0.05) is 0 Å². The summed E-state index contributed by atoms with van der Waals surface area (Å²) < 4.78 is 21.7. The first-order valence-electron chi connectivity index (χ1n) is 21.6. The number of nitrogens with zero attached hydrogens (tertiary/aromatic N) is 8. The van der Waals surface area contributed by atoms with Crippen LogP contribution in [0.2, 0.25) is 0 Å². The van der Waals surface area contributed by atoms with Crippen LogP contribution in [0, 0.1) is 17.7 Å². The van der Waals surface area contributed by atoms with E-state index in [0.29, 0.717) is 29.5 Å². The first-order valence-corrected chi connectivity index (χ1v) is 21.6. The van der Waals surface area contributed by atoms with Crippen LogP contribution in [0.25, 0.3) is 22.3 Å². The van der Waals surface area contributed by atoms with Crippen LogP contribution in [0.5, 0.6) is 5.75 Å². The minimum atomic E-state index is -0.706. The second-order valence-corrected chi connectivity index (χ2v) is 17.9. The van der Waals surface area contributed by atoms with Crippen molar-refractivity contribution < 1.29 is 23.5 Å². The number of aromatic nitrogens is 4. The molecule has 5 fully saturated rings. The zero-order valence-electron chi connectivity index (χ0n) is 33.8. The van der Waals surface area contributed by atoms with Gasteiger partial charge in [-0.05, 0) is 99.6 Å². The summed E-state index contributed by atoms with van der Waals surface area (Å²) in [7, 11) is 0. The molecule has 15 heteroatoms. The molecule has 4 saturated heterocycles. The molecule has 5 aliphatic heterocycles. The van der Waals surface area contributed by atoms with Gasteiger partial charge in [0.15, 0.2) is 0 Å². The lowest BCUT2D eigenvalue weighted by atomic mass is 9.94. The number of halogens is 1. The molecule has 14 nitrogen and oxygen atoms in total. The number of benzene rings is 2. The van der Waals surface area contributed by atoms with E-state index in [-0.39, 0.29) is 30.4 Å². The van der Waals surface area contributed by atoms with Gasteiger partial charge < -0.3 is 29.2 Å². The molecule has 1 aliphatic carbocycles. The van der Waals surface area contributed by atoms with Crippen LogP contribution in [0.15, 0.2) is 42.7 Å². The van der Waals surface area contributed by atoms with Gasteiger partial charge in [-0.3, -0.25) is 24.8 Å². The van der Waals surface area contributed by atoms with Gasteiger partial charge in [0.25, 0.3) is 5.91 Å². The summed E-state index contributed by atoms with van der Waals surface area (Å²) in [5.74, 6) is 1.54. The Kier molecular flexibility index (Phi) is 9.98. The third-order valence-electron chi connectivity index (χ3n) is 13.7. The van der Waals surface area contributed by atoms with Gasteiger partial charge in [-0.15, -0.1) is 0 Å². The Morgan fingerprint density at radius 2 is 1.53 bits per heavy atom. The van der Waals surface area contributed by atoms with Crippen LogP contribution in [0.4, 0.5) is 15.9 Å². The predicted octanol–water partition coefficient (Wildman–Crippen LogP) is 4.60. The van der Waals surface area contributed by atoms with Gasteiger partial charge in [0.05, 0.1) is 16.9 Å². The van der Waals surface area contributed by atoms with E-state index in [2.05, 4.69) is 64.1 Å². The van der Waals surface area contributed by atoms with Gasteiger partial charge in [0.1, 0.15) is 41.0 Å². The number of ether oxygens (including phenoxy) is 1. The quantitative estimate of drug-likeness (QED) is 0.217. The highest BCUT2D eigenvalue weighted by Crippen LogP contribution is 2.41. The molecule has 1 unspecified atom stereocenters. The average Bonchev–Trinajstić information content (AvgIpc) is 3.68. The Labute approximate surface area is 343 Å². The van der Waals surface area contributed by atoms with E-state index in [1.54, 1.807) is 12.4 Å². The van der Waals surface area contributed by atoms with E-state index in [4.69, 9.17) is 4.74 Å². The lowest BCUT2D eigenvalue weighted by Crippen LogP contribution is -2.52. The lowest BCUT2D eigenvalue weighted by molar-refractivity contribution is -0.136. The van der Waals surface area contributed by atoms with Gasteiger partial charge in [-0.2, -0.15) is 5.10 Å². The van der Waals surface area contributed by atoms with Crippen LogP contribution in [0.1, 0.15) is 74.2 Å². The summed E-state index contributed by atoms with van der Waals surface area (Å²) in [6.07, 6.45) is 8.59. The SMILES string of the molecule is CC1(Oc2ccc3[nH]nc(-c4cc(N5CCC(CN6CCN(CC7CCN(c8cc9c(cc8F)C(=O)N(C8CCC(=O)NC8=O)C9)CC7)CC6)CC5)ncn4)c3c2)CC1. The van der Waals surface area contributed by atoms with E-state index < -0.39 is 17.8 Å². The summed E-state index contributed by atoms with van der Waals surface area (Å²) in [5.41, 5.74) is 4.15. The Balaban J connectivity index is 0.667. The van der Waals surface area contributed by atoms with Crippen molar-refractivity contribution in [3.63, 3.8) is 0 Å².